The topological polar surface area (TPSA) is 99.3 Å². The molecule has 0 spiro atoms. The van der Waals surface area contributed by atoms with Crippen molar-refractivity contribution in [1.82, 2.24) is 14.5 Å². The van der Waals surface area contributed by atoms with E-state index >= 15 is 0 Å². The van der Waals surface area contributed by atoms with Gasteiger partial charge in [0.1, 0.15) is 6.07 Å². The smallest absolute Gasteiger partial charge is 0.261 e. The first-order chi connectivity index (χ1) is 16.4. The fraction of sp³-hybridized carbons (Fsp3) is 0.320. The van der Waals surface area contributed by atoms with Crippen molar-refractivity contribution in [2.45, 2.75) is 26.3 Å². The summed E-state index contributed by atoms with van der Waals surface area (Å²) < 4.78 is 1.34. The van der Waals surface area contributed by atoms with Gasteiger partial charge in [-0.25, -0.2) is 4.98 Å². The van der Waals surface area contributed by atoms with E-state index < -0.39 is 0 Å². The van der Waals surface area contributed by atoms with Crippen molar-refractivity contribution < 1.29 is 9.59 Å². The SMILES string of the molecule is CC(=O)N1CCN(c2ccc3ncn(CC(=O)CCc4ccc(C#N)c(Cl)c4)c(=O)c3c2)CC1. The van der Waals surface area contributed by atoms with Gasteiger partial charge in [0.25, 0.3) is 5.56 Å². The maximum absolute atomic E-state index is 13.1. The van der Waals surface area contributed by atoms with Crippen LogP contribution in [-0.2, 0) is 22.6 Å². The zero-order valence-corrected chi connectivity index (χ0v) is 19.6. The number of rotatable bonds is 6. The Morgan fingerprint density at radius 2 is 1.88 bits per heavy atom. The Balaban J connectivity index is 1.45. The normalized spacial score (nSPS) is 13.7. The van der Waals surface area contributed by atoms with E-state index in [0.717, 1.165) is 11.3 Å². The molecule has 1 aliphatic heterocycles. The molecule has 1 aromatic heterocycles. The maximum Gasteiger partial charge on any atom is 0.261 e. The number of aryl methyl sites for hydroxylation is 1. The molecule has 4 rings (SSSR count). The van der Waals surface area contributed by atoms with Gasteiger partial charge in [-0.2, -0.15) is 5.26 Å². The number of aromatic nitrogens is 2. The molecule has 1 amide bonds. The second-order valence-corrected chi connectivity index (χ2v) is 8.74. The standard InChI is InChI=1S/C25H24ClN5O3/c1-17(32)29-8-10-30(11-9-29)20-5-7-24-22(13-20)25(34)31(16-28-24)15-21(33)6-3-18-2-4-19(14-27)23(26)12-18/h2,4-5,7,12-13,16H,3,6,8-11,15H2,1H3. The third-order valence-corrected chi connectivity index (χ3v) is 6.40. The number of hydrogen-bond donors (Lipinski definition) is 0. The average Bonchev–Trinajstić information content (AvgIpc) is 2.84. The number of carbonyl (C=O) groups is 2. The monoisotopic (exact) mass is 477 g/mol. The molecule has 8 nitrogen and oxygen atoms in total. The van der Waals surface area contributed by atoms with Crippen LogP contribution < -0.4 is 10.5 Å². The van der Waals surface area contributed by atoms with Crippen LogP contribution in [0.25, 0.3) is 10.9 Å². The van der Waals surface area contributed by atoms with Crippen molar-refractivity contribution in [3.05, 3.63) is 69.2 Å². The Kier molecular flexibility index (Phi) is 6.94. The van der Waals surface area contributed by atoms with Crippen LogP contribution in [0.2, 0.25) is 5.02 Å². The summed E-state index contributed by atoms with van der Waals surface area (Å²) in [6.45, 7) is 4.18. The Morgan fingerprint density at radius 1 is 1.12 bits per heavy atom. The van der Waals surface area contributed by atoms with Crippen LogP contribution >= 0.6 is 11.6 Å². The lowest BCUT2D eigenvalue weighted by Crippen LogP contribution is -2.48. The number of nitrogens with zero attached hydrogens (tertiary/aromatic N) is 5. The van der Waals surface area contributed by atoms with Crippen LogP contribution in [0.1, 0.15) is 24.5 Å². The van der Waals surface area contributed by atoms with E-state index in [4.69, 9.17) is 16.9 Å². The van der Waals surface area contributed by atoms with Gasteiger partial charge in [0.05, 0.1) is 34.4 Å². The van der Waals surface area contributed by atoms with Gasteiger partial charge in [0.2, 0.25) is 5.91 Å². The minimum Gasteiger partial charge on any atom is -0.368 e. The lowest BCUT2D eigenvalue weighted by Gasteiger charge is -2.35. The third-order valence-electron chi connectivity index (χ3n) is 6.09. The Hall–Kier alpha value is -3.70. The highest BCUT2D eigenvalue weighted by molar-refractivity contribution is 6.31. The highest BCUT2D eigenvalue weighted by Gasteiger charge is 2.19. The maximum atomic E-state index is 13.1. The fourth-order valence-electron chi connectivity index (χ4n) is 4.09. The summed E-state index contributed by atoms with van der Waals surface area (Å²) in [5, 5.41) is 9.79. The van der Waals surface area contributed by atoms with E-state index in [1.165, 1.54) is 10.9 Å². The number of fused-ring (bicyclic) bond motifs is 1. The lowest BCUT2D eigenvalue weighted by molar-refractivity contribution is -0.129. The number of anilines is 1. The zero-order valence-electron chi connectivity index (χ0n) is 18.8. The van der Waals surface area contributed by atoms with Crippen LogP contribution in [0.15, 0.2) is 47.5 Å². The second kappa shape index (κ2) is 10.1. The van der Waals surface area contributed by atoms with Crippen LogP contribution in [0.5, 0.6) is 0 Å². The fourth-order valence-corrected chi connectivity index (χ4v) is 4.34. The predicted octanol–water partition coefficient (Wildman–Crippen LogP) is 2.79. The predicted molar refractivity (Wildman–Crippen MR) is 130 cm³/mol. The number of halogens is 1. The van der Waals surface area contributed by atoms with Crippen molar-refractivity contribution in [2.24, 2.45) is 0 Å². The van der Waals surface area contributed by atoms with E-state index in [2.05, 4.69) is 9.88 Å². The Bertz CT molecular complexity index is 1350. The molecule has 0 bridgehead atoms. The van der Waals surface area contributed by atoms with Gasteiger partial charge in [-0.15, -0.1) is 0 Å². The first-order valence-electron chi connectivity index (χ1n) is 11.1. The van der Waals surface area contributed by atoms with Gasteiger partial charge < -0.3 is 9.80 Å². The van der Waals surface area contributed by atoms with Gasteiger partial charge in [-0.3, -0.25) is 19.0 Å². The first-order valence-corrected chi connectivity index (χ1v) is 11.4. The molecule has 2 aromatic carbocycles. The van der Waals surface area contributed by atoms with Crippen molar-refractivity contribution in [1.29, 1.82) is 5.26 Å². The average molecular weight is 478 g/mol. The number of piperazine rings is 1. The molecule has 0 aliphatic carbocycles. The summed E-state index contributed by atoms with van der Waals surface area (Å²) in [6, 6.07) is 12.7. The summed E-state index contributed by atoms with van der Waals surface area (Å²) >= 11 is 6.06. The number of Topliss-reactive ketones (excluding diaryl/α,β-unsaturated/α-hetero) is 1. The van der Waals surface area contributed by atoms with Crippen LogP contribution in [0.3, 0.4) is 0 Å². The quantitative estimate of drug-likeness (QED) is 0.541. The molecule has 1 saturated heterocycles. The van der Waals surface area contributed by atoms with E-state index in [9.17, 15) is 14.4 Å². The molecule has 174 valence electrons. The number of hydrogen-bond acceptors (Lipinski definition) is 6. The van der Waals surface area contributed by atoms with Crippen LogP contribution in [0, 0.1) is 11.3 Å². The molecule has 1 aliphatic rings. The molecule has 1 fully saturated rings. The highest BCUT2D eigenvalue weighted by Crippen LogP contribution is 2.21. The minimum absolute atomic E-state index is 0.0622. The molecule has 3 aromatic rings. The van der Waals surface area contributed by atoms with Gasteiger partial charge in [0, 0.05) is 45.2 Å². The number of ketones is 1. The van der Waals surface area contributed by atoms with Gasteiger partial charge in [-0.05, 0) is 42.3 Å². The van der Waals surface area contributed by atoms with E-state index in [1.807, 2.05) is 29.2 Å². The zero-order chi connectivity index (χ0) is 24.2. The summed E-state index contributed by atoms with van der Waals surface area (Å²) in [5.41, 5.74) is 2.47. The lowest BCUT2D eigenvalue weighted by atomic mass is 10.1. The Morgan fingerprint density at radius 3 is 2.56 bits per heavy atom. The molecular weight excluding hydrogens is 454 g/mol. The summed E-state index contributed by atoms with van der Waals surface area (Å²) in [5.74, 6) is -0.0302. The number of benzene rings is 2. The first kappa shape index (κ1) is 23.5. The summed E-state index contributed by atoms with van der Waals surface area (Å²) in [6.07, 6.45) is 2.12. The second-order valence-electron chi connectivity index (χ2n) is 8.34. The van der Waals surface area contributed by atoms with Crippen LogP contribution in [-0.4, -0.2) is 52.3 Å². The summed E-state index contributed by atoms with van der Waals surface area (Å²) in [7, 11) is 0. The van der Waals surface area contributed by atoms with E-state index in [1.54, 1.807) is 25.1 Å². The van der Waals surface area contributed by atoms with Crippen molar-refractivity contribution >= 4 is 39.9 Å². The number of carbonyl (C=O) groups excluding carboxylic acids is 2. The molecule has 34 heavy (non-hydrogen) atoms. The molecule has 0 radical (unpaired) electrons. The molecule has 2 heterocycles. The molecule has 0 atom stereocenters. The van der Waals surface area contributed by atoms with Crippen LogP contribution in [0.4, 0.5) is 5.69 Å². The largest absolute Gasteiger partial charge is 0.368 e. The molecule has 0 saturated carbocycles. The molecule has 0 N–H and O–H groups in total. The number of amides is 1. The minimum atomic E-state index is -0.260. The number of nitriles is 1. The van der Waals surface area contributed by atoms with E-state index in [-0.39, 0.29) is 30.2 Å². The van der Waals surface area contributed by atoms with Gasteiger partial charge in [0.15, 0.2) is 5.78 Å². The highest BCUT2D eigenvalue weighted by atomic mass is 35.5. The van der Waals surface area contributed by atoms with Crippen molar-refractivity contribution in [3.8, 4) is 6.07 Å². The van der Waals surface area contributed by atoms with Crippen molar-refractivity contribution in [2.75, 3.05) is 31.1 Å². The van der Waals surface area contributed by atoms with Crippen molar-refractivity contribution in [3.63, 3.8) is 0 Å². The molecular formula is C25H24ClN5O3. The molecule has 9 heteroatoms. The van der Waals surface area contributed by atoms with E-state index in [0.29, 0.717) is 54.1 Å². The molecule has 0 unspecified atom stereocenters. The van der Waals surface area contributed by atoms with Gasteiger partial charge in [-0.1, -0.05) is 17.7 Å². The summed E-state index contributed by atoms with van der Waals surface area (Å²) in [4.78, 5) is 45.5. The Labute approximate surface area is 202 Å². The third kappa shape index (κ3) is 5.10. The van der Waals surface area contributed by atoms with Gasteiger partial charge >= 0.3 is 0 Å².